The van der Waals surface area contributed by atoms with Gasteiger partial charge in [-0.05, 0) is 42.0 Å². The van der Waals surface area contributed by atoms with Crippen molar-refractivity contribution < 1.29 is 17.6 Å². The van der Waals surface area contributed by atoms with Gasteiger partial charge in [-0.1, -0.05) is 6.07 Å². The minimum atomic E-state index is -4.92. The predicted octanol–water partition coefficient (Wildman–Crippen LogP) is 4.65. The fourth-order valence-electron chi connectivity index (χ4n) is 3.44. The number of fused-ring (bicyclic) bond motifs is 3. The minimum Gasteiger partial charge on any atom is -0.404 e. The molecule has 31 heavy (non-hydrogen) atoms. The number of allylic oxidation sites excluding steroid dienone is 1. The van der Waals surface area contributed by atoms with Gasteiger partial charge in [0.25, 0.3) is 5.56 Å². The van der Waals surface area contributed by atoms with Crippen LogP contribution in [0.4, 0.5) is 17.6 Å². The van der Waals surface area contributed by atoms with Crippen molar-refractivity contribution >= 4 is 33.6 Å². The van der Waals surface area contributed by atoms with Crippen molar-refractivity contribution in [2.75, 3.05) is 0 Å². The van der Waals surface area contributed by atoms with Gasteiger partial charge >= 0.3 is 6.18 Å². The van der Waals surface area contributed by atoms with Gasteiger partial charge in [-0.2, -0.15) is 13.2 Å². The molecule has 2 aromatic heterocycles. The van der Waals surface area contributed by atoms with Gasteiger partial charge in [-0.15, -0.1) is 0 Å². The molecule has 4 rings (SSSR count). The molecule has 0 atom stereocenters. The molecule has 0 aliphatic rings. The fourth-order valence-corrected chi connectivity index (χ4v) is 3.44. The summed E-state index contributed by atoms with van der Waals surface area (Å²) in [7, 11) is 0. The van der Waals surface area contributed by atoms with Gasteiger partial charge in [0.15, 0.2) is 0 Å². The third kappa shape index (κ3) is 3.43. The van der Waals surface area contributed by atoms with E-state index in [4.69, 9.17) is 11.1 Å². The van der Waals surface area contributed by atoms with Crippen molar-refractivity contribution in [3.8, 4) is 5.69 Å². The number of nitrogens with two attached hydrogens (primary N) is 1. The monoisotopic (exact) mass is 426 g/mol. The summed E-state index contributed by atoms with van der Waals surface area (Å²) in [5, 5.41) is 8.46. The average molecular weight is 426 g/mol. The van der Waals surface area contributed by atoms with Crippen molar-refractivity contribution in [3.63, 3.8) is 0 Å². The maximum atomic E-state index is 13.8. The number of hydrogen-bond acceptors (Lipinski definition) is 4. The summed E-state index contributed by atoms with van der Waals surface area (Å²) in [6.45, 7) is 0. The molecule has 0 aliphatic carbocycles. The second kappa shape index (κ2) is 7.35. The van der Waals surface area contributed by atoms with E-state index in [9.17, 15) is 22.4 Å². The third-order valence-corrected chi connectivity index (χ3v) is 4.90. The molecule has 0 saturated heterocycles. The molecule has 2 aromatic carbocycles. The van der Waals surface area contributed by atoms with Crippen molar-refractivity contribution in [2.24, 2.45) is 5.73 Å². The number of pyridine rings is 2. The molecule has 0 saturated carbocycles. The van der Waals surface area contributed by atoms with Crippen LogP contribution in [-0.4, -0.2) is 15.8 Å². The van der Waals surface area contributed by atoms with E-state index in [1.165, 1.54) is 24.5 Å². The standard InChI is InChI=1S/C22H14F4N4O/c23-18-4-3-15(8-17(18)22(24,25)26)30-20(31)6-2-13-11-29-19-5-1-12(14(9-27)10-28)7-16(19)21(13)30/h1-11,27H,28H2/b14-10+,27-9?. The summed E-state index contributed by atoms with van der Waals surface area (Å²) in [5.74, 6) is -1.43. The number of aromatic nitrogens is 2. The van der Waals surface area contributed by atoms with Crippen LogP contribution < -0.4 is 11.3 Å². The van der Waals surface area contributed by atoms with Crippen LogP contribution in [0.5, 0.6) is 0 Å². The van der Waals surface area contributed by atoms with E-state index in [1.54, 1.807) is 18.2 Å². The highest BCUT2D eigenvalue weighted by molar-refractivity contribution is 6.11. The zero-order chi connectivity index (χ0) is 22.3. The van der Waals surface area contributed by atoms with Crippen LogP contribution in [0.2, 0.25) is 0 Å². The van der Waals surface area contributed by atoms with Crippen molar-refractivity contribution in [1.29, 1.82) is 5.41 Å². The van der Waals surface area contributed by atoms with E-state index in [0.29, 0.717) is 45.1 Å². The highest BCUT2D eigenvalue weighted by Crippen LogP contribution is 2.34. The molecule has 0 fully saturated rings. The highest BCUT2D eigenvalue weighted by atomic mass is 19.4. The van der Waals surface area contributed by atoms with Crippen LogP contribution in [0.1, 0.15) is 11.1 Å². The van der Waals surface area contributed by atoms with Crippen molar-refractivity contribution in [2.45, 2.75) is 6.18 Å². The van der Waals surface area contributed by atoms with Crippen LogP contribution in [-0.2, 0) is 6.18 Å². The molecule has 0 aliphatic heterocycles. The van der Waals surface area contributed by atoms with Gasteiger partial charge < -0.3 is 11.1 Å². The van der Waals surface area contributed by atoms with E-state index >= 15 is 0 Å². The predicted molar refractivity (Wildman–Crippen MR) is 111 cm³/mol. The quantitative estimate of drug-likeness (QED) is 0.284. The maximum Gasteiger partial charge on any atom is 0.419 e. The Morgan fingerprint density at radius 3 is 2.55 bits per heavy atom. The van der Waals surface area contributed by atoms with Gasteiger partial charge in [0.05, 0.1) is 22.3 Å². The first-order chi connectivity index (χ1) is 14.7. The molecular weight excluding hydrogens is 412 g/mol. The summed E-state index contributed by atoms with van der Waals surface area (Å²) < 4.78 is 54.7. The molecule has 3 N–H and O–H groups in total. The van der Waals surface area contributed by atoms with Crippen LogP contribution in [0.3, 0.4) is 0 Å². The Balaban J connectivity index is 2.13. The Kier molecular flexibility index (Phi) is 4.81. The molecule has 0 unspecified atom stereocenters. The lowest BCUT2D eigenvalue weighted by Crippen LogP contribution is -2.19. The molecule has 4 aromatic rings. The molecule has 156 valence electrons. The molecular formula is C22H14F4N4O. The SMILES string of the molecule is N=C/C(=C\N)c1ccc2ncc3ccc(=O)n(-c4ccc(F)c(C(F)(F)F)c4)c3c2c1. The smallest absolute Gasteiger partial charge is 0.404 e. The summed E-state index contributed by atoms with van der Waals surface area (Å²) >= 11 is 0. The fraction of sp³-hybridized carbons (Fsp3) is 0.0455. The number of benzene rings is 2. The maximum absolute atomic E-state index is 13.8. The Morgan fingerprint density at radius 2 is 1.87 bits per heavy atom. The molecule has 5 nitrogen and oxygen atoms in total. The molecule has 0 amide bonds. The average Bonchev–Trinajstić information content (AvgIpc) is 2.74. The van der Waals surface area contributed by atoms with E-state index in [0.717, 1.165) is 16.8 Å². The molecule has 0 spiro atoms. The van der Waals surface area contributed by atoms with E-state index in [1.807, 2.05) is 0 Å². The minimum absolute atomic E-state index is 0.135. The zero-order valence-corrected chi connectivity index (χ0v) is 15.7. The zero-order valence-electron chi connectivity index (χ0n) is 15.7. The normalized spacial score (nSPS) is 12.5. The van der Waals surface area contributed by atoms with Crippen molar-refractivity contribution in [1.82, 2.24) is 9.55 Å². The van der Waals surface area contributed by atoms with Gasteiger partial charge in [0.1, 0.15) is 5.82 Å². The molecule has 9 heteroatoms. The van der Waals surface area contributed by atoms with Crippen molar-refractivity contribution in [3.05, 3.63) is 88.2 Å². The lowest BCUT2D eigenvalue weighted by Gasteiger charge is -2.15. The summed E-state index contributed by atoms with van der Waals surface area (Å²) in [6.07, 6.45) is -1.12. The van der Waals surface area contributed by atoms with E-state index < -0.39 is 23.1 Å². The number of nitrogens with one attached hydrogen (secondary N) is 1. The number of halogens is 4. The molecule has 0 bridgehead atoms. The lowest BCUT2D eigenvalue weighted by molar-refractivity contribution is -0.140. The lowest BCUT2D eigenvalue weighted by atomic mass is 10.0. The number of alkyl halides is 3. The number of nitrogens with zero attached hydrogens (tertiary/aromatic N) is 2. The van der Waals surface area contributed by atoms with Gasteiger partial charge in [0, 0.05) is 41.0 Å². The Labute approximate surface area is 172 Å². The number of rotatable bonds is 3. The van der Waals surface area contributed by atoms with Crippen LogP contribution in [0.25, 0.3) is 33.1 Å². The van der Waals surface area contributed by atoms with Crippen LogP contribution in [0, 0.1) is 11.2 Å². The van der Waals surface area contributed by atoms with Gasteiger partial charge in [-0.3, -0.25) is 14.3 Å². The summed E-state index contributed by atoms with van der Waals surface area (Å²) in [6, 6.07) is 10.1. The van der Waals surface area contributed by atoms with E-state index in [2.05, 4.69) is 4.98 Å². The Bertz CT molecular complexity index is 1440. The van der Waals surface area contributed by atoms with Crippen LogP contribution >= 0.6 is 0 Å². The summed E-state index contributed by atoms with van der Waals surface area (Å²) in [5.41, 5.74) is 5.13. The Hall–Kier alpha value is -4.01. The van der Waals surface area contributed by atoms with Gasteiger partial charge in [0.2, 0.25) is 0 Å². The van der Waals surface area contributed by atoms with Gasteiger partial charge in [-0.25, -0.2) is 4.39 Å². The first-order valence-electron chi connectivity index (χ1n) is 8.99. The molecule has 2 heterocycles. The topological polar surface area (TPSA) is 84.8 Å². The van der Waals surface area contributed by atoms with Crippen LogP contribution in [0.15, 0.2) is 65.7 Å². The summed E-state index contributed by atoms with van der Waals surface area (Å²) in [4.78, 5) is 17.1. The number of hydrogen-bond donors (Lipinski definition) is 2. The Morgan fingerprint density at radius 1 is 1.10 bits per heavy atom. The molecule has 0 radical (unpaired) electrons. The first-order valence-corrected chi connectivity index (χ1v) is 8.99. The third-order valence-electron chi connectivity index (χ3n) is 4.90. The second-order valence-electron chi connectivity index (χ2n) is 6.73. The van der Waals surface area contributed by atoms with E-state index in [-0.39, 0.29) is 5.69 Å². The highest BCUT2D eigenvalue weighted by Gasteiger charge is 2.34. The largest absolute Gasteiger partial charge is 0.419 e. The first kappa shape index (κ1) is 20.3. The second-order valence-corrected chi connectivity index (χ2v) is 6.73.